The molecule has 5 nitrogen and oxygen atoms in total. The van der Waals surface area contributed by atoms with E-state index in [1.165, 1.54) is 0 Å². The van der Waals surface area contributed by atoms with Gasteiger partial charge in [-0.3, -0.25) is 4.57 Å². The van der Waals surface area contributed by atoms with E-state index in [4.69, 9.17) is 5.73 Å². The van der Waals surface area contributed by atoms with Gasteiger partial charge in [0, 0.05) is 12.1 Å². The van der Waals surface area contributed by atoms with Crippen LogP contribution in [0.25, 0.3) is 5.69 Å². The number of anilines is 2. The second kappa shape index (κ2) is 3.48. The van der Waals surface area contributed by atoms with Crippen LogP contribution in [-0.4, -0.2) is 14.8 Å². The predicted molar refractivity (Wildman–Crippen MR) is 67.2 cm³/mol. The van der Waals surface area contributed by atoms with E-state index < -0.39 is 0 Å². The SMILES string of the molecule is CCc1nnc2n1-c1cc(N)c(C)cc1NC2. The van der Waals surface area contributed by atoms with E-state index in [0.29, 0.717) is 6.54 Å². The molecule has 0 radical (unpaired) electrons. The number of nitrogens with zero attached hydrogens (tertiary/aromatic N) is 3. The van der Waals surface area contributed by atoms with Crippen LogP contribution in [0.5, 0.6) is 0 Å². The Labute approximate surface area is 99.7 Å². The van der Waals surface area contributed by atoms with Crippen LogP contribution < -0.4 is 11.1 Å². The number of benzene rings is 1. The van der Waals surface area contributed by atoms with Gasteiger partial charge < -0.3 is 11.1 Å². The lowest BCUT2D eigenvalue weighted by atomic mass is 10.1. The Hall–Kier alpha value is -2.04. The standard InChI is InChI=1S/C12H15N5/c1-3-11-15-16-12-6-14-9-4-7(2)8(13)5-10(9)17(11)12/h4-5,14H,3,6,13H2,1-2H3. The summed E-state index contributed by atoms with van der Waals surface area (Å²) in [5, 5.41) is 11.7. The third kappa shape index (κ3) is 1.39. The van der Waals surface area contributed by atoms with E-state index >= 15 is 0 Å². The highest BCUT2D eigenvalue weighted by Crippen LogP contribution is 2.31. The van der Waals surface area contributed by atoms with Crippen LogP contribution in [-0.2, 0) is 13.0 Å². The quantitative estimate of drug-likeness (QED) is 0.729. The highest BCUT2D eigenvalue weighted by Gasteiger charge is 2.20. The Kier molecular flexibility index (Phi) is 2.07. The Morgan fingerprint density at radius 2 is 2.24 bits per heavy atom. The molecule has 2 heterocycles. The summed E-state index contributed by atoms with van der Waals surface area (Å²) in [6.07, 6.45) is 0.861. The summed E-state index contributed by atoms with van der Waals surface area (Å²) in [7, 11) is 0. The molecule has 0 fully saturated rings. The number of hydrogen-bond donors (Lipinski definition) is 2. The highest BCUT2D eigenvalue weighted by molar-refractivity contribution is 5.71. The van der Waals surface area contributed by atoms with Crippen LogP contribution in [0.2, 0.25) is 0 Å². The molecule has 1 aromatic heterocycles. The van der Waals surface area contributed by atoms with Crippen molar-refractivity contribution >= 4 is 11.4 Å². The Bertz CT molecular complexity index is 571. The lowest BCUT2D eigenvalue weighted by molar-refractivity contribution is 0.825. The minimum atomic E-state index is 0.712. The van der Waals surface area contributed by atoms with E-state index in [1.807, 2.05) is 13.0 Å². The summed E-state index contributed by atoms with van der Waals surface area (Å²) in [6.45, 7) is 4.81. The summed E-state index contributed by atoms with van der Waals surface area (Å²) in [5.74, 6) is 1.92. The highest BCUT2D eigenvalue weighted by atomic mass is 15.3. The minimum absolute atomic E-state index is 0.712. The van der Waals surface area contributed by atoms with Crippen LogP contribution in [0.15, 0.2) is 12.1 Å². The van der Waals surface area contributed by atoms with Crippen molar-refractivity contribution in [1.82, 2.24) is 14.8 Å². The molecular weight excluding hydrogens is 214 g/mol. The number of aryl methyl sites for hydroxylation is 2. The molecule has 0 amide bonds. The first-order valence-electron chi connectivity index (χ1n) is 5.78. The molecule has 1 aromatic carbocycles. The van der Waals surface area contributed by atoms with Gasteiger partial charge in [0.25, 0.3) is 0 Å². The van der Waals surface area contributed by atoms with E-state index in [2.05, 4.69) is 33.1 Å². The normalized spacial score (nSPS) is 12.8. The number of fused-ring (bicyclic) bond motifs is 3. The largest absolute Gasteiger partial charge is 0.398 e. The Morgan fingerprint density at radius 1 is 1.41 bits per heavy atom. The number of hydrogen-bond acceptors (Lipinski definition) is 4. The second-order valence-corrected chi connectivity index (χ2v) is 4.30. The molecule has 3 rings (SSSR count). The number of aromatic nitrogens is 3. The molecule has 1 aliphatic heterocycles. The zero-order valence-electron chi connectivity index (χ0n) is 9.99. The van der Waals surface area contributed by atoms with Gasteiger partial charge in [0.05, 0.1) is 17.9 Å². The van der Waals surface area contributed by atoms with Gasteiger partial charge in [-0.05, 0) is 24.6 Å². The number of nitrogens with two attached hydrogens (primary N) is 1. The first-order valence-corrected chi connectivity index (χ1v) is 5.78. The van der Waals surface area contributed by atoms with Gasteiger partial charge in [0.1, 0.15) is 5.82 Å². The average Bonchev–Trinajstić information content (AvgIpc) is 2.74. The fourth-order valence-corrected chi connectivity index (χ4v) is 2.19. The third-order valence-corrected chi connectivity index (χ3v) is 3.18. The van der Waals surface area contributed by atoms with E-state index in [9.17, 15) is 0 Å². The Balaban J connectivity index is 2.27. The minimum Gasteiger partial charge on any atom is -0.398 e. The van der Waals surface area contributed by atoms with Crippen molar-refractivity contribution in [1.29, 1.82) is 0 Å². The summed E-state index contributed by atoms with van der Waals surface area (Å²) in [6, 6.07) is 4.07. The maximum Gasteiger partial charge on any atom is 0.157 e. The molecule has 0 aliphatic carbocycles. The van der Waals surface area contributed by atoms with E-state index in [1.54, 1.807) is 0 Å². The van der Waals surface area contributed by atoms with Crippen LogP contribution in [0.3, 0.4) is 0 Å². The monoisotopic (exact) mass is 229 g/mol. The first kappa shape index (κ1) is 10.1. The smallest absolute Gasteiger partial charge is 0.157 e. The zero-order chi connectivity index (χ0) is 12.0. The molecule has 3 N–H and O–H groups in total. The number of rotatable bonds is 1. The van der Waals surface area contributed by atoms with Gasteiger partial charge >= 0.3 is 0 Å². The molecule has 0 spiro atoms. The van der Waals surface area contributed by atoms with E-state index in [-0.39, 0.29) is 0 Å². The molecule has 0 unspecified atom stereocenters. The van der Waals surface area contributed by atoms with Crippen molar-refractivity contribution in [3.8, 4) is 5.69 Å². The number of nitrogen functional groups attached to an aromatic ring is 1. The van der Waals surface area contributed by atoms with Gasteiger partial charge in [0.15, 0.2) is 5.82 Å². The summed E-state index contributed by atoms with van der Waals surface area (Å²) < 4.78 is 2.10. The predicted octanol–water partition coefficient (Wildman–Crippen LogP) is 1.65. The fraction of sp³-hybridized carbons (Fsp3) is 0.333. The molecular formula is C12H15N5. The van der Waals surface area contributed by atoms with Gasteiger partial charge in [-0.1, -0.05) is 6.92 Å². The topological polar surface area (TPSA) is 68.8 Å². The van der Waals surface area contributed by atoms with Gasteiger partial charge in [-0.2, -0.15) is 0 Å². The maximum atomic E-state index is 5.98. The van der Waals surface area contributed by atoms with E-state index in [0.717, 1.165) is 40.7 Å². The van der Waals surface area contributed by atoms with Gasteiger partial charge in [-0.25, -0.2) is 0 Å². The molecule has 0 bridgehead atoms. The van der Waals surface area contributed by atoms with Gasteiger partial charge in [-0.15, -0.1) is 10.2 Å². The maximum absolute atomic E-state index is 5.98. The van der Waals surface area contributed by atoms with Crippen molar-refractivity contribution < 1.29 is 0 Å². The summed E-state index contributed by atoms with van der Waals surface area (Å²) >= 11 is 0. The molecule has 0 atom stereocenters. The summed E-state index contributed by atoms with van der Waals surface area (Å²) in [4.78, 5) is 0. The van der Waals surface area contributed by atoms with Crippen molar-refractivity contribution in [2.24, 2.45) is 0 Å². The molecule has 17 heavy (non-hydrogen) atoms. The molecule has 1 aliphatic rings. The van der Waals surface area contributed by atoms with Crippen LogP contribution in [0, 0.1) is 6.92 Å². The van der Waals surface area contributed by atoms with Crippen LogP contribution in [0.1, 0.15) is 24.1 Å². The molecule has 5 heteroatoms. The summed E-state index contributed by atoms with van der Waals surface area (Å²) in [5.41, 5.74) is 10.0. The molecule has 0 saturated heterocycles. The second-order valence-electron chi connectivity index (χ2n) is 4.30. The molecule has 2 aromatic rings. The van der Waals surface area contributed by atoms with Crippen molar-refractivity contribution in [2.75, 3.05) is 11.1 Å². The third-order valence-electron chi connectivity index (χ3n) is 3.18. The number of nitrogens with one attached hydrogen (secondary N) is 1. The lowest BCUT2D eigenvalue weighted by Gasteiger charge is -2.22. The van der Waals surface area contributed by atoms with Crippen LogP contribution in [0.4, 0.5) is 11.4 Å². The van der Waals surface area contributed by atoms with Crippen LogP contribution >= 0.6 is 0 Å². The molecule has 0 saturated carbocycles. The van der Waals surface area contributed by atoms with Crippen molar-refractivity contribution in [3.05, 3.63) is 29.3 Å². The van der Waals surface area contributed by atoms with Crippen molar-refractivity contribution in [2.45, 2.75) is 26.8 Å². The Morgan fingerprint density at radius 3 is 3.00 bits per heavy atom. The zero-order valence-corrected chi connectivity index (χ0v) is 9.99. The first-order chi connectivity index (χ1) is 8.20. The lowest BCUT2D eigenvalue weighted by Crippen LogP contribution is -2.17. The van der Waals surface area contributed by atoms with Crippen molar-refractivity contribution in [3.63, 3.8) is 0 Å². The van der Waals surface area contributed by atoms with Gasteiger partial charge in [0.2, 0.25) is 0 Å². The molecule has 88 valence electrons. The fourth-order valence-electron chi connectivity index (χ4n) is 2.19. The average molecular weight is 229 g/mol.